The maximum Gasteiger partial charge on any atom is 0.285 e. The number of nitrogens with one attached hydrogen (secondary N) is 1. The molecule has 0 aliphatic rings. The Morgan fingerprint density at radius 1 is 1.32 bits per heavy atom. The summed E-state index contributed by atoms with van der Waals surface area (Å²) in [5.41, 5.74) is 0.0392. The Hall–Kier alpha value is -1.75. The van der Waals surface area contributed by atoms with Crippen molar-refractivity contribution in [3.05, 3.63) is 54.6 Å². The van der Waals surface area contributed by atoms with E-state index in [1.165, 1.54) is 12.1 Å². The van der Waals surface area contributed by atoms with Gasteiger partial charge in [-0.3, -0.25) is 0 Å². The summed E-state index contributed by atoms with van der Waals surface area (Å²) in [5, 5.41) is 2.86. The second kappa shape index (κ2) is 5.93. The van der Waals surface area contributed by atoms with Gasteiger partial charge < -0.3 is 9.88 Å². The van der Waals surface area contributed by atoms with E-state index in [9.17, 15) is 8.78 Å². The molecule has 5 heteroatoms. The van der Waals surface area contributed by atoms with Gasteiger partial charge in [0.25, 0.3) is 5.92 Å². The van der Waals surface area contributed by atoms with E-state index in [-0.39, 0.29) is 18.2 Å². The molecular formula is C14H17F2N3. The molecule has 0 fully saturated rings. The van der Waals surface area contributed by atoms with Crippen molar-refractivity contribution in [3.63, 3.8) is 0 Å². The number of rotatable bonds is 6. The van der Waals surface area contributed by atoms with Gasteiger partial charge in [0, 0.05) is 30.5 Å². The third-order valence-electron chi connectivity index (χ3n) is 2.91. The van der Waals surface area contributed by atoms with Gasteiger partial charge in [0.05, 0.1) is 12.9 Å². The predicted octanol–water partition coefficient (Wildman–Crippen LogP) is 2.65. The summed E-state index contributed by atoms with van der Waals surface area (Å²) < 4.78 is 29.7. The van der Waals surface area contributed by atoms with Gasteiger partial charge in [-0.25, -0.2) is 4.98 Å². The normalized spacial score (nSPS) is 13.4. The van der Waals surface area contributed by atoms with Crippen molar-refractivity contribution >= 4 is 0 Å². The number of alkyl halides is 2. The van der Waals surface area contributed by atoms with Gasteiger partial charge in [-0.1, -0.05) is 30.3 Å². The molecule has 1 N–H and O–H groups in total. The first-order valence-corrected chi connectivity index (χ1v) is 6.20. The molecule has 2 aromatic rings. The van der Waals surface area contributed by atoms with E-state index in [1.807, 2.05) is 17.7 Å². The minimum absolute atomic E-state index is 0.0392. The van der Waals surface area contributed by atoms with Crippen molar-refractivity contribution < 1.29 is 8.78 Å². The van der Waals surface area contributed by atoms with Gasteiger partial charge >= 0.3 is 0 Å². The number of nitrogens with zero attached hydrogens (tertiary/aromatic N) is 2. The lowest BCUT2D eigenvalue weighted by Gasteiger charge is -2.21. The number of halogens is 2. The molecule has 19 heavy (non-hydrogen) atoms. The molecule has 0 bridgehead atoms. The summed E-state index contributed by atoms with van der Waals surface area (Å²) in [6.45, 7) is 2.12. The standard InChI is InChI=1S/C14H17F2N3/c1-12(9-19-8-7-17-11-19)18-10-14(15,16)13-5-3-2-4-6-13/h2-8,11-12,18H,9-10H2,1H3. The zero-order valence-corrected chi connectivity index (χ0v) is 10.8. The second-order valence-corrected chi connectivity index (χ2v) is 4.61. The first kappa shape index (κ1) is 13.7. The molecule has 1 heterocycles. The van der Waals surface area contributed by atoms with Crippen LogP contribution < -0.4 is 5.32 Å². The molecule has 0 aliphatic carbocycles. The predicted molar refractivity (Wildman–Crippen MR) is 70.0 cm³/mol. The molecule has 1 aromatic carbocycles. The quantitative estimate of drug-likeness (QED) is 0.870. The van der Waals surface area contributed by atoms with Crippen molar-refractivity contribution in [2.45, 2.75) is 25.4 Å². The smallest absolute Gasteiger partial charge is 0.285 e. The summed E-state index contributed by atoms with van der Waals surface area (Å²) in [6.07, 6.45) is 5.16. The molecule has 1 unspecified atom stereocenters. The van der Waals surface area contributed by atoms with Crippen molar-refractivity contribution in [2.24, 2.45) is 0 Å². The molecular weight excluding hydrogens is 248 g/mol. The lowest BCUT2D eigenvalue weighted by atomic mass is 10.1. The van der Waals surface area contributed by atoms with Crippen molar-refractivity contribution in [1.82, 2.24) is 14.9 Å². The van der Waals surface area contributed by atoms with E-state index in [1.54, 1.807) is 30.7 Å². The number of hydrogen-bond acceptors (Lipinski definition) is 2. The minimum atomic E-state index is -2.86. The van der Waals surface area contributed by atoms with E-state index < -0.39 is 5.92 Å². The van der Waals surface area contributed by atoms with Crippen LogP contribution in [0.3, 0.4) is 0 Å². The Morgan fingerprint density at radius 2 is 2.05 bits per heavy atom. The fourth-order valence-corrected chi connectivity index (χ4v) is 1.86. The fourth-order valence-electron chi connectivity index (χ4n) is 1.86. The van der Waals surface area contributed by atoms with Gasteiger partial charge in [0.1, 0.15) is 0 Å². The first-order valence-electron chi connectivity index (χ1n) is 6.20. The maximum absolute atomic E-state index is 13.9. The topological polar surface area (TPSA) is 29.9 Å². The largest absolute Gasteiger partial charge is 0.336 e. The molecule has 0 saturated heterocycles. The number of aromatic nitrogens is 2. The van der Waals surface area contributed by atoms with Crippen molar-refractivity contribution in [3.8, 4) is 0 Å². The summed E-state index contributed by atoms with van der Waals surface area (Å²) in [7, 11) is 0. The van der Waals surface area contributed by atoms with E-state index in [2.05, 4.69) is 10.3 Å². The van der Waals surface area contributed by atoms with Crippen LogP contribution in [0.15, 0.2) is 49.1 Å². The molecule has 3 nitrogen and oxygen atoms in total. The Labute approximate surface area is 111 Å². The average molecular weight is 265 g/mol. The molecule has 0 aliphatic heterocycles. The summed E-state index contributed by atoms with van der Waals surface area (Å²) in [5.74, 6) is -2.86. The van der Waals surface area contributed by atoms with E-state index in [0.29, 0.717) is 6.54 Å². The van der Waals surface area contributed by atoms with Gasteiger partial charge in [-0.2, -0.15) is 8.78 Å². The van der Waals surface area contributed by atoms with Gasteiger partial charge in [0.2, 0.25) is 0 Å². The van der Waals surface area contributed by atoms with E-state index in [0.717, 1.165) is 0 Å². The molecule has 1 atom stereocenters. The maximum atomic E-state index is 13.9. The lowest BCUT2D eigenvalue weighted by molar-refractivity contribution is -0.00570. The van der Waals surface area contributed by atoms with E-state index in [4.69, 9.17) is 0 Å². The Balaban J connectivity index is 1.87. The Morgan fingerprint density at radius 3 is 2.68 bits per heavy atom. The van der Waals surface area contributed by atoms with Crippen LogP contribution in [0.2, 0.25) is 0 Å². The zero-order chi connectivity index (χ0) is 13.7. The van der Waals surface area contributed by atoms with E-state index >= 15 is 0 Å². The Kier molecular flexibility index (Phi) is 4.27. The van der Waals surface area contributed by atoms with Crippen LogP contribution in [0, 0.1) is 0 Å². The molecule has 1 aromatic heterocycles. The molecule has 0 spiro atoms. The SMILES string of the molecule is CC(Cn1ccnc1)NCC(F)(F)c1ccccc1. The van der Waals surface area contributed by atoms with Gasteiger partial charge in [-0.15, -0.1) is 0 Å². The highest BCUT2D eigenvalue weighted by molar-refractivity contribution is 5.20. The highest BCUT2D eigenvalue weighted by atomic mass is 19.3. The van der Waals surface area contributed by atoms with Crippen LogP contribution in [0.25, 0.3) is 0 Å². The third kappa shape index (κ3) is 3.86. The first-order chi connectivity index (χ1) is 9.08. The average Bonchev–Trinajstić information content (AvgIpc) is 2.90. The highest BCUT2D eigenvalue weighted by Crippen LogP contribution is 2.26. The van der Waals surface area contributed by atoms with Crippen LogP contribution in [-0.2, 0) is 12.5 Å². The monoisotopic (exact) mass is 265 g/mol. The van der Waals surface area contributed by atoms with Crippen LogP contribution in [0.1, 0.15) is 12.5 Å². The molecule has 102 valence electrons. The molecule has 0 amide bonds. The van der Waals surface area contributed by atoms with Crippen molar-refractivity contribution in [2.75, 3.05) is 6.54 Å². The van der Waals surface area contributed by atoms with Gasteiger partial charge in [0.15, 0.2) is 0 Å². The second-order valence-electron chi connectivity index (χ2n) is 4.61. The highest BCUT2D eigenvalue weighted by Gasteiger charge is 2.31. The van der Waals surface area contributed by atoms with Crippen LogP contribution in [-0.4, -0.2) is 22.1 Å². The molecule has 0 saturated carbocycles. The lowest BCUT2D eigenvalue weighted by Crippen LogP contribution is -2.38. The Bertz CT molecular complexity index is 483. The third-order valence-corrected chi connectivity index (χ3v) is 2.91. The van der Waals surface area contributed by atoms with Crippen LogP contribution >= 0.6 is 0 Å². The molecule has 0 radical (unpaired) electrons. The molecule has 2 rings (SSSR count). The van der Waals surface area contributed by atoms with Gasteiger partial charge in [-0.05, 0) is 6.92 Å². The minimum Gasteiger partial charge on any atom is -0.336 e. The van der Waals surface area contributed by atoms with Crippen LogP contribution in [0.5, 0.6) is 0 Å². The fraction of sp³-hybridized carbons (Fsp3) is 0.357. The van der Waals surface area contributed by atoms with Crippen molar-refractivity contribution in [1.29, 1.82) is 0 Å². The number of imidazole rings is 1. The summed E-state index contributed by atoms with van der Waals surface area (Å²) >= 11 is 0. The summed E-state index contributed by atoms with van der Waals surface area (Å²) in [4.78, 5) is 3.92. The number of benzene rings is 1. The zero-order valence-electron chi connectivity index (χ0n) is 10.8. The van der Waals surface area contributed by atoms with Crippen LogP contribution in [0.4, 0.5) is 8.78 Å². The number of hydrogen-bond donors (Lipinski definition) is 1. The summed E-state index contributed by atoms with van der Waals surface area (Å²) in [6, 6.07) is 7.82.